The Balaban J connectivity index is 2.13. The maximum Gasteiger partial charge on any atom is 0.335 e. The maximum absolute atomic E-state index is 10.9. The molecule has 0 saturated carbocycles. The molecule has 0 bridgehead atoms. The van der Waals surface area contributed by atoms with Gasteiger partial charge in [-0.05, 0) is 37.6 Å². The topological polar surface area (TPSA) is 51.5 Å². The first-order valence-corrected chi connectivity index (χ1v) is 6.12. The van der Waals surface area contributed by atoms with E-state index in [-0.39, 0.29) is 0 Å². The number of hydrogen-bond acceptors (Lipinski definition) is 2. The van der Waals surface area contributed by atoms with Crippen LogP contribution in [0.2, 0.25) is 0 Å². The van der Waals surface area contributed by atoms with Gasteiger partial charge in [-0.1, -0.05) is 0 Å². The normalized spacial score (nSPS) is 10.9. The van der Waals surface area contributed by atoms with E-state index in [1.54, 1.807) is 12.1 Å². The van der Waals surface area contributed by atoms with E-state index >= 15 is 0 Å². The van der Waals surface area contributed by atoms with Crippen LogP contribution in [0.5, 0.6) is 0 Å². The Kier molecular flexibility index (Phi) is 3.99. The van der Waals surface area contributed by atoms with Crippen LogP contribution in [0, 0.1) is 0 Å². The van der Waals surface area contributed by atoms with Crippen molar-refractivity contribution in [3.8, 4) is 0 Å². The zero-order valence-electron chi connectivity index (χ0n) is 10.4. The Morgan fingerprint density at radius 3 is 2.94 bits per heavy atom. The number of carbonyl (C=O) groups is 1. The van der Waals surface area contributed by atoms with Gasteiger partial charge in [-0.15, -0.1) is 0 Å². The average molecular weight is 247 g/mol. The third-order valence-electron chi connectivity index (χ3n) is 2.91. The Bertz CT molecular complexity index is 545. The summed E-state index contributed by atoms with van der Waals surface area (Å²) < 4.78 is 7.43. The number of hydrogen-bond donors (Lipinski definition) is 1. The summed E-state index contributed by atoms with van der Waals surface area (Å²) in [6.45, 7) is 4.37. The smallest absolute Gasteiger partial charge is 0.335 e. The highest BCUT2D eigenvalue weighted by Gasteiger charge is 2.06. The Morgan fingerprint density at radius 1 is 1.39 bits per heavy atom. The second kappa shape index (κ2) is 5.69. The molecule has 1 aromatic heterocycles. The van der Waals surface area contributed by atoms with Gasteiger partial charge in [0.25, 0.3) is 0 Å². The van der Waals surface area contributed by atoms with Crippen LogP contribution in [0.3, 0.4) is 0 Å². The fourth-order valence-electron chi connectivity index (χ4n) is 2.01. The van der Waals surface area contributed by atoms with Crippen LogP contribution in [-0.2, 0) is 11.3 Å². The summed E-state index contributed by atoms with van der Waals surface area (Å²) in [5.74, 6) is -0.888. The third-order valence-corrected chi connectivity index (χ3v) is 2.91. The highest BCUT2D eigenvalue weighted by atomic mass is 16.5. The number of benzene rings is 1. The van der Waals surface area contributed by atoms with E-state index in [4.69, 9.17) is 9.84 Å². The lowest BCUT2D eigenvalue weighted by molar-refractivity contribution is 0.0697. The van der Waals surface area contributed by atoms with Gasteiger partial charge < -0.3 is 14.4 Å². The number of nitrogens with zero attached hydrogens (tertiary/aromatic N) is 1. The van der Waals surface area contributed by atoms with Crippen molar-refractivity contribution in [3.63, 3.8) is 0 Å². The standard InChI is InChI=1S/C14H17NO3/c1-2-18-9-3-7-15-8-6-11-10-12(14(16)17)4-5-13(11)15/h4-6,8,10H,2-3,7,9H2,1H3,(H,16,17). The molecule has 0 saturated heterocycles. The van der Waals surface area contributed by atoms with E-state index in [0.717, 1.165) is 37.1 Å². The monoisotopic (exact) mass is 247 g/mol. The van der Waals surface area contributed by atoms with Crippen molar-refractivity contribution in [1.82, 2.24) is 4.57 Å². The van der Waals surface area contributed by atoms with Gasteiger partial charge in [-0.2, -0.15) is 0 Å². The van der Waals surface area contributed by atoms with Gasteiger partial charge in [0.05, 0.1) is 5.56 Å². The van der Waals surface area contributed by atoms with Gasteiger partial charge in [-0.25, -0.2) is 4.79 Å². The molecule has 0 fully saturated rings. The second-order valence-electron chi connectivity index (χ2n) is 4.14. The lowest BCUT2D eigenvalue weighted by atomic mass is 10.1. The van der Waals surface area contributed by atoms with E-state index < -0.39 is 5.97 Å². The number of aromatic nitrogens is 1. The number of carboxylic acid groups (broad SMARTS) is 1. The highest BCUT2D eigenvalue weighted by molar-refractivity contribution is 5.93. The summed E-state index contributed by atoms with van der Waals surface area (Å²) in [5.41, 5.74) is 1.39. The van der Waals surface area contributed by atoms with E-state index in [1.807, 2.05) is 25.3 Å². The molecule has 4 heteroatoms. The quantitative estimate of drug-likeness (QED) is 0.798. The molecule has 0 aliphatic rings. The van der Waals surface area contributed by atoms with Crippen molar-refractivity contribution in [2.24, 2.45) is 0 Å². The van der Waals surface area contributed by atoms with Crippen LogP contribution in [0.4, 0.5) is 0 Å². The molecule has 0 atom stereocenters. The number of carboxylic acids is 1. The minimum Gasteiger partial charge on any atom is -0.478 e. The fraction of sp³-hybridized carbons (Fsp3) is 0.357. The molecule has 0 radical (unpaired) electrons. The van der Waals surface area contributed by atoms with Crippen molar-refractivity contribution < 1.29 is 14.6 Å². The molecule has 96 valence electrons. The number of aryl methyl sites for hydroxylation is 1. The number of aromatic carboxylic acids is 1. The van der Waals surface area contributed by atoms with E-state index in [2.05, 4.69) is 4.57 Å². The van der Waals surface area contributed by atoms with Crippen molar-refractivity contribution >= 4 is 16.9 Å². The molecule has 0 aliphatic heterocycles. The lowest BCUT2D eigenvalue weighted by Gasteiger charge is -2.05. The minimum atomic E-state index is -0.888. The van der Waals surface area contributed by atoms with Crippen LogP contribution >= 0.6 is 0 Å². The molecule has 0 spiro atoms. The second-order valence-corrected chi connectivity index (χ2v) is 4.14. The molecule has 0 amide bonds. The first-order valence-electron chi connectivity index (χ1n) is 6.12. The number of fused-ring (bicyclic) bond motifs is 1. The summed E-state index contributed by atoms with van der Waals surface area (Å²) in [7, 11) is 0. The maximum atomic E-state index is 10.9. The van der Waals surface area contributed by atoms with E-state index in [9.17, 15) is 4.79 Å². The van der Waals surface area contributed by atoms with E-state index in [1.165, 1.54) is 0 Å². The van der Waals surface area contributed by atoms with Crippen LogP contribution < -0.4 is 0 Å². The fourth-order valence-corrected chi connectivity index (χ4v) is 2.01. The zero-order chi connectivity index (χ0) is 13.0. The van der Waals surface area contributed by atoms with Crippen LogP contribution in [-0.4, -0.2) is 28.9 Å². The van der Waals surface area contributed by atoms with Gasteiger partial charge in [0.1, 0.15) is 0 Å². The first kappa shape index (κ1) is 12.6. The average Bonchev–Trinajstić information content (AvgIpc) is 2.77. The predicted molar refractivity (Wildman–Crippen MR) is 70.0 cm³/mol. The Labute approximate surface area is 106 Å². The molecule has 1 N–H and O–H groups in total. The lowest BCUT2D eigenvalue weighted by Crippen LogP contribution is -2.01. The van der Waals surface area contributed by atoms with Crippen molar-refractivity contribution in [2.75, 3.05) is 13.2 Å². The summed E-state index contributed by atoms with van der Waals surface area (Å²) in [6, 6.07) is 7.16. The molecule has 18 heavy (non-hydrogen) atoms. The van der Waals surface area contributed by atoms with Crippen molar-refractivity contribution in [2.45, 2.75) is 19.9 Å². The summed E-state index contributed by atoms with van der Waals surface area (Å²) >= 11 is 0. The minimum absolute atomic E-state index is 0.328. The molecule has 2 rings (SSSR count). The molecular weight excluding hydrogens is 230 g/mol. The van der Waals surface area contributed by atoms with Gasteiger partial charge in [0, 0.05) is 36.9 Å². The molecule has 1 heterocycles. The molecule has 4 nitrogen and oxygen atoms in total. The van der Waals surface area contributed by atoms with Crippen molar-refractivity contribution in [3.05, 3.63) is 36.0 Å². The molecular formula is C14H17NO3. The van der Waals surface area contributed by atoms with Crippen molar-refractivity contribution in [1.29, 1.82) is 0 Å². The van der Waals surface area contributed by atoms with Crippen LogP contribution in [0.1, 0.15) is 23.7 Å². The summed E-state index contributed by atoms with van der Waals surface area (Å²) in [6.07, 6.45) is 2.94. The SMILES string of the molecule is CCOCCCn1ccc2cc(C(=O)O)ccc21. The van der Waals surface area contributed by atoms with Crippen LogP contribution in [0.25, 0.3) is 10.9 Å². The zero-order valence-corrected chi connectivity index (χ0v) is 10.4. The molecule has 0 aliphatic carbocycles. The summed E-state index contributed by atoms with van der Waals surface area (Å²) in [4.78, 5) is 10.9. The number of rotatable bonds is 6. The van der Waals surface area contributed by atoms with Gasteiger partial charge in [-0.3, -0.25) is 0 Å². The molecule has 2 aromatic rings. The summed E-state index contributed by atoms with van der Waals surface area (Å²) in [5, 5.41) is 9.89. The molecule has 0 unspecified atom stereocenters. The third kappa shape index (κ3) is 2.71. The highest BCUT2D eigenvalue weighted by Crippen LogP contribution is 2.18. The van der Waals surface area contributed by atoms with E-state index in [0.29, 0.717) is 5.56 Å². The Morgan fingerprint density at radius 2 is 2.22 bits per heavy atom. The van der Waals surface area contributed by atoms with Gasteiger partial charge in [0.15, 0.2) is 0 Å². The largest absolute Gasteiger partial charge is 0.478 e. The van der Waals surface area contributed by atoms with Gasteiger partial charge in [0.2, 0.25) is 0 Å². The molecule has 1 aromatic carbocycles. The predicted octanol–water partition coefficient (Wildman–Crippen LogP) is 2.77. The van der Waals surface area contributed by atoms with Gasteiger partial charge >= 0.3 is 5.97 Å². The number of ether oxygens (including phenoxy) is 1. The van der Waals surface area contributed by atoms with Crippen LogP contribution in [0.15, 0.2) is 30.5 Å². The Hall–Kier alpha value is -1.81. The first-order chi connectivity index (χ1) is 8.72.